The van der Waals surface area contributed by atoms with E-state index in [4.69, 9.17) is 40.9 Å². The SMILES string of the molecule is C=C(c1ccccc1)[C@H](NC(=O)CNC(=O)CNC(=O)CCCCCN1C(=O)CCC1=O)C(=O)NCC(=O)NCOCC(=O)NCc1c2c(nc3cc4c(cc13)OCCO4)-c1cc3c(c(=S)n1C2)COC(=O)[C@@]3(CC)OC(C)=O. The summed E-state index contributed by atoms with van der Waals surface area (Å²) in [6, 6.07) is 12.4. The third-order valence-corrected chi connectivity index (χ3v) is 14.1. The molecule has 8 rings (SSSR count). The first-order chi connectivity index (χ1) is 38.0. The lowest BCUT2D eigenvalue weighted by molar-refractivity contribution is -0.188. The second-order valence-corrected chi connectivity index (χ2v) is 19.3. The van der Waals surface area contributed by atoms with Crippen molar-refractivity contribution in [1.29, 1.82) is 0 Å². The fourth-order valence-corrected chi connectivity index (χ4v) is 9.94. The highest BCUT2D eigenvalue weighted by Gasteiger charge is 2.49. The number of benzene rings is 2. The maximum absolute atomic E-state index is 13.5. The first kappa shape index (κ1) is 56.6. The fraction of sp³-hybridized carbons (Fsp3) is 0.407. The number of fused-ring (bicyclic) bond motifs is 6. The Balaban J connectivity index is 0.822. The van der Waals surface area contributed by atoms with Crippen molar-refractivity contribution in [2.45, 2.75) is 90.1 Å². The highest BCUT2D eigenvalue weighted by molar-refractivity contribution is 7.71. The van der Waals surface area contributed by atoms with Gasteiger partial charge >= 0.3 is 11.9 Å². The van der Waals surface area contributed by atoms with Crippen molar-refractivity contribution in [3.8, 4) is 22.9 Å². The molecule has 6 N–H and O–H groups in total. The Kier molecular flexibility index (Phi) is 18.1. The van der Waals surface area contributed by atoms with Gasteiger partial charge in [-0.15, -0.1) is 0 Å². The molecule has 8 amide bonds. The van der Waals surface area contributed by atoms with Gasteiger partial charge in [0.15, 0.2) is 11.5 Å². The minimum absolute atomic E-state index is 0.00817. The van der Waals surface area contributed by atoms with E-state index in [-0.39, 0.29) is 62.8 Å². The summed E-state index contributed by atoms with van der Waals surface area (Å²) in [6.07, 6.45) is 2.26. The first-order valence-corrected chi connectivity index (χ1v) is 26.1. The van der Waals surface area contributed by atoms with Gasteiger partial charge in [-0.25, -0.2) is 9.78 Å². The molecule has 416 valence electrons. The summed E-state index contributed by atoms with van der Waals surface area (Å²) >= 11 is 5.99. The van der Waals surface area contributed by atoms with Crippen molar-refractivity contribution in [2.75, 3.05) is 52.7 Å². The Morgan fingerprint density at radius 1 is 0.797 bits per heavy atom. The Hall–Kier alpha value is -8.58. The summed E-state index contributed by atoms with van der Waals surface area (Å²) in [6.45, 7) is 5.58. The quantitative estimate of drug-likeness (QED) is 0.0169. The minimum Gasteiger partial charge on any atom is -0.486 e. The van der Waals surface area contributed by atoms with Gasteiger partial charge in [-0.3, -0.25) is 48.1 Å². The van der Waals surface area contributed by atoms with Crippen LogP contribution in [-0.2, 0) is 87.5 Å². The number of ether oxygens (including phenoxy) is 5. The van der Waals surface area contributed by atoms with Gasteiger partial charge in [0.25, 0.3) is 0 Å². The van der Waals surface area contributed by atoms with Gasteiger partial charge in [0.2, 0.25) is 52.9 Å². The first-order valence-electron chi connectivity index (χ1n) is 25.7. The topological polar surface area (TPSA) is 310 Å². The Labute approximate surface area is 457 Å². The number of carbonyl (C=O) groups excluding carboxylic acids is 10. The van der Waals surface area contributed by atoms with Gasteiger partial charge < -0.3 is 60.2 Å². The molecule has 0 spiro atoms. The van der Waals surface area contributed by atoms with Crippen molar-refractivity contribution in [3.63, 3.8) is 0 Å². The molecule has 0 saturated carbocycles. The van der Waals surface area contributed by atoms with E-state index in [9.17, 15) is 47.9 Å². The normalized spacial score (nSPS) is 16.1. The molecule has 0 aliphatic carbocycles. The van der Waals surface area contributed by atoms with Crippen LogP contribution in [0.2, 0.25) is 0 Å². The number of nitrogens with zero attached hydrogens (tertiary/aromatic N) is 3. The standard InChI is InChI=1S/C54H59N9O15S/c1-4-54(78-31(3)64)37-20-39-50-35(26-63(39)52(79)36(37)27-77-53(54)73)34(33-19-40-41(21-38(33)60-50)76-18-17-75-40)22-55-46(69)28-74-29-59-44(67)24-58-51(72)49(30(2)32-11-7-5-8-12-32)61-45(68)25-57-43(66)23-56-42(65)13-9-6-10-16-62-47(70)14-15-48(62)71/h5,7-8,11-12,19-21,49H,2,4,6,9-10,13-18,22-29H2,1,3H3,(H,55,69)(H,56,65)(H,57,66)(H,58,72)(H,59,67)(H,61,68)/t49-,54-/m0/s1. The smallest absolute Gasteiger partial charge is 0.355 e. The Morgan fingerprint density at radius 3 is 2.20 bits per heavy atom. The maximum atomic E-state index is 13.5. The lowest BCUT2D eigenvalue weighted by Crippen LogP contribution is -2.52. The zero-order chi connectivity index (χ0) is 56.4. The van der Waals surface area contributed by atoms with Gasteiger partial charge in [-0.2, -0.15) is 0 Å². The number of carbonyl (C=O) groups is 10. The average Bonchev–Trinajstić information content (AvgIpc) is 4.02. The van der Waals surface area contributed by atoms with Crippen LogP contribution < -0.4 is 41.4 Å². The molecule has 2 aromatic heterocycles. The van der Waals surface area contributed by atoms with Crippen molar-refractivity contribution >= 4 is 87.9 Å². The van der Waals surface area contributed by atoms with Crippen LogP contribution in [0.1, 0.15) is 86.6 Å². The maximum Gasteiger partial charge on any atom is 0.355 e. The largest absolute Gasteiger partial charge is 0.486 e. The van der Waals surface area contributed by atoms with E-state index >= 15 is 0 Å². The molecule has 6 heterocycles. The predicted molar refractivity (Wildman–Crippen MR) is 281 cm³/mol. The van der Waals surface area contributed by atoms with Crippen LogP contribution in [0.4, 0.5) is 0 Å². The van der Waals surface area contributed by atoms with Crippen LogP contribution in [-0.4, -0.2) is 132 Å². The van der Waals surface area contributed by atoms with E-state index in [1.54, 1.807) is 55.5 Å². The van der Waals surface area contributed by atoms with E-state index in [1.807, 2.05) is 4.57 Å². The summed E-state index contributed by atoms with van der Waals surface area (Å²) in [5, 5.41) is 15.9. The molecule has 4 aromatic rings. The van der Waals surface area contributed by atoms with Crippen LogP contribution in [0.15, 0.2) is 55.1 Å². The lowest BCUT2D eigenvalue weighted by atomic mass is 9.85. The summed E-state index contributed by atoms with van der Waals surface area (Å²) < 4.78 is 30.7. The number of pyridine rings is 2. The Morgan fingerprint density at radius 2 is 1.48 bits per heavy atom. The van der Waals surface area contributed by atoms with Gasteiger partial charge in [0, 0.05) is 67.4 Å². The zero-order valence-electron chi connectivity index (χ0n) is 43.5. The Bertz CT molecular complexity index is 3200. The second-order valence-electron chi connectivity index (χ2n) is 18.9. The van der Waals surface area contributed by atoms with E-state index in [0.717, 1.165) is 5.56 Å². The average molecular weight is 1110 g/mol. The summed E-state index contributed by atoms with van der Waals surface area (Å²) in [5.41, 5.74) is 2.93. The number of cyclic esters (lactones) is 1. The van der Waals surface area contributed by atoms with Gasteiger partial charge in [-0.05, 0) is 48.1 Å². The monoisotopic (exact) mass is 1110 g/mol. The molecule has 0 unspecified atom stereocenters. The minimum atomic E-state index is -1.72. The van der Waals surface area contributed by atoms with Crippen molar-refractivity contribution in [1.82, 2.24) is 46.4 Å². The number of likely N-dealkylation sites (tertiary alicyclic amines) is 1. The molecule has 1 saturated heterocycles. The van der Waals surface area contributed by atoms with Gasteiger partial charge in [-0.1, -0.05) is 62.5 Å². The number of esters is 2. The van der Waals surface area contributed by atoms with Gasteiger partial charge in [0.05, 0.1) is 43.1 Å². The second kappa shape index (κ2) is 25.3. The van der Waals surface area contributed by atoms with Crippen molar-refractivity contribution < 1.29 is 71.6 Å². The van der Waals surface area contributed by atoms with Gasteiger partial charge in [0.1, 0.15) is 43.8 Å². The number of aromatic nitrogens is 2. The highest BCUT2D eigenvalue weighted by Crippen LogP contribution is 2.45. The molecule has 4 aliphatic rings. The zero-order valence-corrected chi connectivity index (χ0v) is 44.3. The molecule has 0 radical (unpaired) electrons. The number of nitrogens with one attached hydrogen (secondary N) is 6. The van der Waals surface area contributed by atoms with Crippen LogP contribution in [0.5, 0.6) is 11.5 Å². The molecule has 2 atom stereocenters. The third kappa shape index (κ3) is 13.1. The molecule has 24 nitrogen and oxygen atoms in total. The number of rotatable bonds is 24. The summed E-state index contributed by atoms with van der Waals surface area (Å²) in [7, 11) is 0. The molecule has 4 aliphatic heterocycles. The van der Waals surface area contributed by atoms with E-state index in [2.05, 4.69) is 38.5 Å². The van der Waals surface area contributed by atoms with E-state index in [1.165, 1.54) is 11.8 Å². The van der Waals surface area contributed by atoms with Crippen molar-refractivity contribution in [3.05, 3.63) is 87.6 Å². The van der Waals surface area contributed by atoms with Crippen LogP contribution in [0.3, 0.4) is 0 Å². The third-order valence-electron chi connectivity index (χ3n) is 13.6. The van der Waals surface area contributed by atoms with Crippen LogP contribution in [0, 0.1) is 4.64 Å². The number of hydrogen-bond acceptors (Lipinski definition) is 17. The molecular formula is C54H59N9O15S. The molecule has 79 heavy (non-hydrogen) atoms. The summed E-state index contributed by atoms with van der Waals surface area (Å²) in [5.74, 6) is -4.65. The number of imide groups is 1. The van der Waals surface area contributed by atoms with E-state index < -0.39 is 92.0 Å². The van der Waals surface area contributed by atoms with Crippen molar-refractivity contribution in [2.24, 2.45) is 0 Å². The molecule has 1 fully saturated rings. The fourth-order valence-electron chi connectivity index (χ4n) is 9.60. The number of unbranched alkanes of at least 4 members (excludes halogenated alkanes) is 2. The van der Waals surface area contributed by atoms with Crippen LogP contribution in [0.25, 0.3) is 27.9 Å². The predicted octanol–water partition coefficient (Wildman–Crippen LogP) is 1.75. The lowest BCUT2D eigenvalue weighted by Gasteiger charge is -2.35. The highest BCUT2D eigenvalue weighted by atomic mass is 32.1. The van der Waals surface area contributed by atoms with Crippen LogP contribution >= 0.6 is 12.2 Å². The molecule has 0 bridgehead atoms. The molecule has 25 heteroatoms. The number of amides is 8. The molecular weight excluding hydrogens is 1050 g/mol. The van der Waals surface area contributed by atoms with E-state index in [0.29, 0.717) is 99.7 Å². The summed E-state index contributed by atoms with van der Waals surface area (Å²) in [4.78, 5) is 133. The molecule has 2 aromatic carbocycles. The number of hydrogen-bond donors (Lipinski definition) is 6.